The van der Waals surface area contributed by atoms with Gasteiger partial charge >= 0.3 is 5.69 Å². The van der Waals surface area contributed by atoms with Gasteiger partial charge in [0.05, 0.1) is 21.2 Å². The molecule has 0 aliphatic rings. The van der Waals surface area contributed by atoms with Crippen LogP contribution in [0.5, 0.6) is 0 Å². The summed E-state index contributed by atoms with van der Waals surface area (Å²) in [7, 11) is 1.69. The van der Waals surface area contributed by atoms with E-state index in [-0.39, 0.29) is 11.6 Å². The molecule has 0 radical (unpaired) electrons. The maximum atomic E-state index is 11.9. The fourth-order valence-electron chi connectivity index (χ4n) is 1.60. The van der Waals surface area contributed by atoms with Crippen LogP contribution in [-0.4, -0.2) is 36.9 Å². The first-order chi connectivity index (χ1) is 9.49. The maximum Gasteiger partial charge on any atom is 0.306 e. The number of halogens is 1. The highest BCUT2D eigenvalue weighted by atomic mass is 127. The SMILES string of the molecule is Cn1ncc(I)c1C(=O)NCCn1cc([N+](=O)[O-])cn1. The van der Waals surface area contributed by atoms with Crippen LogP contribution < -0.4 is 5.32 Å². The summed E-state index contributed by atoms with van der Waals surface area (Å²) in [4.78, 5) is 21.9. The van der Waals surface area contributed by atoms with Crippen molar-refractivity contribution in [2.75, 3.05) is 6.54 Å². The van der Waals surface area contributed by atoms with Gasteiger partial charge in [0.2, 0.25) is 0 Å². The molecule has 9 nitrogen and oxygen atoms in total. The third-order valence-electron chi connectivity index (χ3n) is 2.57. The number of carbonyl (C=O) groups excluding carboxylic acids is 1. The van der Waals surface area contributed by atoms with E-state index in [2.05, 4.69) is 15.5 Å². The van der Waals surface area contributed by atoms with Gasteiger partial charge in [0.15, 0.2) is 0 Å². The number of nitro groups is 1. The normalized spacial score (nSPS) is 10.5. The van der Waals surface area contributed by atoms with Crippen molar-refractivity contribution in [1.29, 1.82) is 0 Å². The summed E-state index contributed by atoms with van der Waals surface area (Å²) in [6.45, 7) is 0.674. The molecule has 0 aliphatic carbocycles. The molecule has 2 rings (SSSR count). The zero-order chi connectivity index (χ0) is 14.7. The summed E-state index contributed by atoms with van der Waals surface area (Å²) in [6.07, 6.45) is 4.10. The highest BCUT2D eigenvalue weighted by molar-refractivity contribution is 14.1. The molecule has 0 aliphatic heterocycles. The Morgan fingerprint density at radius 1 is 1.50 bits per heavy atom. The first-order valence-electron chi connectivity index (χ1n) is 5.61. The summed E-state index contributed by atoms with van der Waals surface area (Å²) in [6, 6.07) is 0. The average Bonchev–Trinajstić information content (AvgIpc) is 2.97. The minimum Gasteiger partial charge on any atom is -0.349 e. The Balaban J connectivity index is 1.89. The molecule has 10 heteroatoms. The van der Waals surface area contributed by atoms with Crippen LogP contribution in [0.2, 0.25) is 0 Å². The Hall–Kier alpha value is -1.98. The molecule has 106 valence electrons. The lowest BCUT2D eigenvalue weighted by Crippen LogP contribution is -2.29. The molecular formula is C10H11IN6O3. The molecule has 0 saturated heterocycles. The van der Waals surface area contributed by atoms with Gasteiger partial charge in [-0.05, 0) is 22.6 Å². The van der Waals surface area contributed by atoms with E-state index in [0.29, 0.717) is 18.8 Å². The van der Waals surface area contributed by atoms with Gasteiger partial charge in [-0.1, -0.05) is 0 Å². The highest BCUT2D eigenvalue weighted by Crippen LogP contribution is 2.10. The lowest BCUT2D eigenvalue weighted by Gasteiger charge is -2.06. The predicted octanol–water partition coefficient (Wildman–Crippen LogP) is 0.559. The van der Waals surface area contributed by atoms with Gasteiger partial charge in [-0.25, -0.2) is 0 Å². The number of amides is 1. The van der Waals surface area contributed by atoms with Crippen molar-refractivity contribution in [3.63, 3.8) is 0 Å². The minimum absolute atomic E-state index is 0.0718. The molecule has 0 atom stereocenters. The van der Waals surface area contributed by atoms with Crippen LogP contribution in [0.4, 0.5) is 5.69 Å². The van der Waals surface area contributed by atoms with Crippen molar-refractivity contribution in [3.8, 4) is 0 Å². The van der Waals surface area contributed by atoms with Crippen molar-refractivity contribution >= 4 is 34.2 Å². The predicted molar refractivity (Wildman–Crippen MR) is 77.1 cm³/mol. The summed E-state index contributed by atoms with van der Waals surface area (Å²) < 4.78 is 3.67. The summed E-state index contributed by atoms with van der Waals surface area (Å²) in [5.74, 6) is -0.240. The van der Waals surface area contributed by atoms with Gasteiger partial charge < -0.3 is 5.32 Å². The molecule has 2 aromatic heterocycles. The van der Waals surface area contributed by atoms with E-state index in [1.54, 1.807) is 13.2 Å². The Bertz CT molecular complexity index is 630. The molecule has 0 fully saturated rings. The number of nitrogens with one attached hydrogen (secondary N) is 1. The first kappa shape index (κ1) is 14.4. The number of carbonyl (C=O) groups is 1. The molecule has 0 aromatic carbocycles. The molecular weight excluding hydrogens is 379 g/mol. The molecule has 2 heterocycles. The number of nitrogens with zero attached hydrogens (tertiary/aromatic N) is 5. The molecule has 0 spiro atoms. The average molecular weight is 390 g/mol. The van der Waals surface area contributed by atoms with Crippen molar-refractivity contribution in [1.82, 2.24) is 24.9 Å². The zero-order valence-corrected chi connectivity index (χ0v) is 12.6. The fraction of sp³-hybridized carbons (Fsp3) is 0.300. The van der Waals surface area contributed by atoms with Crippen LogP contribution in [0.25, 0.3) is 0 Å². The molecule has 0 unspecified atom stereocenters. The van der Waals surface area contributed by atoms with Crippen molar-refractivity contribution in [3.05, 3.63) is 38.0 Å². The zero-order valence-electron chi connectivity index (χ0n) is 10.5. The van der Waals surface area contributed by atoms with E-state index in [4.69, 9.17) is 0 Å². The van der Waals surface area contributed by atoms with Gasteiger partial charge in [-0.15, -0.1) is 0 Å². The number of aryl methyl sites for hydroxylation is 1. The monoisotopic (exact) mass is 390 g/mol. The van der Waals surface area contributed by atoms with Crippen LogP contribution >= 0.6 is 22.6 Å². The topological polar surface area (TPSA) is 108 Å². The minimum atomic E-state index is -0.514. The molecule has 20 heavy (non-hydrogen) atoms. The van der Waals surface area contributed by atoms with Crippen molar-refractivity contribution in [2.45, 2.75) is 6.54 Å². The van der Waals surface area contributed by atoms with E-state index in [9.17, 15) is 14.9 Å². The molecule has 1 amide bonds. The number of rotatable bonds is 5. The largest absolute Gasteiger partial charge is 0.349 e. The van der Waals surface area contributed by atoms with Crippen molar-refractivity contribution in [2.24, 2.45) is 7.05 Å². The van der Waals surface area contributed by atoms with Crippen LogP contribution in [0.15, 0.2) is 18.6 Å². The highest BCUT2D eigenvalue weighted by Gasteiger charge is 2.14. The summed E-state index contributed by atoms with van der Waals surface area (Å²) >= 11 is 2.03. The van der Waals surface area contributed by atoms with Crippen LogP contribution in [-0.2, 0) is 13.6 Å². The van der Waals surface area contributed by atoms with Gasteiger partial charge in [0.1, 0.15) is 18.1 Å². The second-order valence-electron chi connectivity index (χ2n) is 3.94. The van der Waals surface area contributed by atoms with E-state index >= 15 is 0 Å². The molecule has 0 bridgehead atoms. The quantitative estimate of drug-likeness (QED) is 0.456. The van der Waals surface area contributed by atoms with Crippen molar-refractivity contribution < 1.29 is 9.72 Å². The second-order valence-corrected chi connectivity index (χ2v) is 5.10. The number of aromatic nitrogens is 4. The Labute approximate surface area is 127 Å². The lowest BCUT2D eigenvalue weighted by molar-refractivity contribution is -0.385. The van der Waals surface area contributed by atoms with E-state index in [1.807, 2.05) is 22.6 Å². The van der Waals surface area contributed by atoms with E-state index in [1.165, 1.54) is 21.8 Å². The van der Waals surface area contributed by atoms with Gasteiger partial charge in [-0.2, -0.15) is 10.2 Å². The fourth-order valence-corrected chi connectivity index (χ4v) is 2.32. The second kappa shape index (κ2) is 5.98. The maximum absolute atomic E-state index is 11.9. The summed E-state index contributed by atoms with van der Waals surface area (Å²) in [5, 5.41) is 21.0. The Morgan fingerprint density at radius 2 is 2.25 bits per heavy atom. The van der Waals surface area contributed by atoms with E-state index < -0.39 is 4.92 Å². The number of hydrogen-bond acceptors (Lipinski definition) is 5. The van der Waals surface area contributed by atoms with Gasteiger partial charge in [-0.3, -0.25) is 24.3 Å². The van der Waals surface area contributed by atoms with Crippen LogP contribution in [0.1, 0.15) is 10.5 Å². The lowest BCUT2D eigenvalue weighted by atomic mass is 10.4. The van der Waals surface area contributed by atoms with Crippen LogP contribution in [0.3, 0.4) is 0 Å². The smallest absolute Gasteiger partial charge is 0.306 e. The first-order valence-corrected chi connectivity index (χ1v) is 6.69. The molecule has 2 aromatic rings. The Kier molecular flexibility index (Phi) is 4.32. The van der Waals surface area contributed by atoms with Gasteiger partial charge in [0, 0.05) is 13.6 Å². The van der Waals surface area contributed by atoms with Crippen LogP contribution in [0, 0.1) is 13.7 Å². The van der Waals surface area contributed by atoms with Gasteiger partial charge in [0.25, 0.3) is 5.91 Å². The van der Waals surface area contributed by atoms with E-state index in [0.717, 1.165) is 3.57 Å². The third-order valence-corrected chi connectivity index (χ3v) is 3.36. The molecule has 1 N–H and O–H groups in total. The number of hydrogen-bond donors (Lipinski definition) is 1. The molecule has 0 saturated carbocycles. The Morgan fingerprint density at radius 3 is 2.80 bits per heavy atom. The third kappa shape index (κ3) is 3.12. The standard InChI is InChI=1S/C10H11IN6O3/c1-15-9(8(11)5-13-15)10(18)12-2-3-16-6-7(4-14-16)17(19)20/h4-6H,2-3H2,1H3,(H,12,18). The summed E-state index contributed by atoms with van der Waals surface area (Å²) in [5.41, 5.74) is 0.412.